The van der Waals surface area contributed by atoms with Crippen molar-refractivity contribution >= 4 is 18.3 Å². The van der Waals surface area contributed by atoms with Crippen molar-refractivity contribution in [2.45, 2.75) is 51.2 Å². The van der Waals surface area contributed by atoms with E-state index in [-0.39, 0.29) is 23.9 Å². The molecule has 1 unspecified atom stereocenters. The van der Waals surface area contributed by atoms with Crippen LogP contribution in [0.4, 0.5) is 0 Å². The Hall–Kier alpha value is -0.360. The van der Waals surface area contributed by atoms with E-state index in [0.29, 0.717) is 26.4 Å². The summed E-state index contributed by atoms with van der Waals surface area (Å²) in [5.74, 6) is -0.0705. The zero-order chi connectivity index (χ0) is 13.4. The first-order valence-corrected chi connectivity index (χ1v) is 6.85. The molecule has 1 saturated carbocycles. The van der Waals surface area contributed by atoms with Crippen molar-refractivity contribution in [3.8, 4) is 0 Å². The second kappa shape index (κ2) is 9.53. The minimum Gasteiger partial charge on any atom is -0.379 e. The third-order valence-electron chi connectivity index (χ3n) is 3.51. The normalized spacial score (nSPS) is 18.7. The molecule has 0 aromatic carbocycles. The lowest BCUT2D eigenvalue weighted by Gasteiger charge is -2.30. The standard InChI is InChI=1S/C13H26N2O3.ClH/c1-3-17-8-9-18-11(2)12(16)15-13(10-14)6-4-5-7-13;/h11H,3-10,14H2,1-2H3,(H,15,16);1H. The van der Waals surface area contributed by atoms with Crippen molar-refractivity contribution in [3.05, 3.63) is 0 Å². The maximum Gasteiger partial charge on any atom is 0.249 e. The van der Waals surface area contributed by atoms with Gasteiger partial charge in [0, 0.05) is 13.2 Å². The molecule has 114 valence electrons. The van der Waals surface area contributed by atoms with Gasteiger partial charge in [-0.15, -0.1) is 12.4 Å². The molecule has 1 amide bonds. The number of carbonyl (C=O) groups is 1. The summed E-state index contributed by atoms with van der Waals surface area (Å²) in [5.41, 5.74) is 5.58. The molecule has 0 aromatic heterocycles. The van der Waals surface area contributed by atoms with Gasteiger partial charge < -0.3 is 20.5 Å². The number of nitrogens with two attached hydrogens (primary N) is 1. The third-order valence-corrected chi connectivity index (χ3v) is 3.51. The number of hydrogen-bond donors (Lipinski definition) is 2. The largest absolute Gasteiger partial charge is 0.379 e. The summed E-state index contributed by atoms with van der Waals surface area (Å²) < 4.78 is 10.6. The molecule has 0 saturated heterocycles. The van der Waals surface area contributed by atoms with Crippen LogP contribution < -0.4 is 11.1 Å². The summed E-state index contributed by atoms with van der Waals surface area (Å²) >= 11 is 0. The van der Waals surface area contributed by atoms with Gasteiger partial charge in [0.25, 0.3) is 0 Å². The van der Waals surface area contributed by atoms with Crippen molar-refractivity contribution in [2.75, 3.05) is 26.4 Å². The van der Waals surface area contributed by atoms with Crippen molar-refractivity contribution in [1.82, 2.24) is 5.32 Å². The summed E-state index contributed by atoms with van der Waals surface area (Å²) in [6.45, 7) is 5.83. The summed E-state index contributed by atoms with van der Waals surface area (Å²) in [6, 6.07) is 0. The molecule has 1 aliphatic carbocycles. The summed E-state index contributed by atoms with van der Waals surface area (Å²) in [5, 5.41) is 3.05. The van der Waals surface area contributed by atoms with E-state index in [1.165, 1.54) is 0 Å². The number of nitrogens with one attached hydrogen (secondary N) is 1. The number of amides is 1. The molecule has 0 radical (unpaired) electrons. The van der Waals surface area contributed by atoms with Gasteiger partial charge >= 0.3 is 0 Å². The Bertz CT molecular complexity index is 258. The summed E-state index contributed by atoms with van der Waals surface area (Å²) in [4.78, 5) is 12.0. The van der Waals surface area contributed by atoms with E-state index in [1.54, 1.807) is 6.92 Å². The van der Waals surface area contributed by atoms with Crippen LogP contribution in [0.1, 0.15) is 39.5 Å². The summed E-state index contributed by atoms with van der Waals surface area (Å²) in [6.07, 6.45) is 3.77. The first-order chi connectivity index (χ1) is 8.63. The van der Waals surface area contributed by atoms with Crippen molar-refractivity contribution in [1.29, 1.82) is 0 Å². The van der Waals surface area contributed by atoms with Gasteiger partial charge in [0.05, 0.1) is 18.8 Å². The van der Waals surface area contributed by atoms with Gasteiger partial charge in [-0.1, -0.05) is 12.8 Å². The van der Waals surface area contributed by atoms with Crippen molar-refractivity contribution in [2.24, 2.45) is 5.73 Å². The Kier molecular flexibility index (Phi) is 9.35. The highest BCUT2D eigenvalue weighted by atomic mass is 35.5. The average molecular weight is 295 g/mol. The van der Waals surface area contributed by atoms with Crippen LogP contribution in [0.3, 0.4) is 0 Å². The molecule has 5 nitrogen and oxygen atoms in total. The molecule has 0 bridgehead atoms. The SMILES string of the molecule is CCOCCOC(C)C(=O)NC1(CN)CCCC1.Cl. The van der Waals surface area contributed by atoms with Crippen LogP contribution in [0.2, 0.25) is 0 Å². The predicted octanol–water partition coefficient (Wildman–Crippen LogP) is 1.24. The van der Waals surface area contributed by atoms with Crippen molar-refractivity contribution < 1.29 is 14.3 Å². The number of carbonyl (C=O) groups excluding carboxylic acids is 1. The number of hydrogen-bond acceptors (Lipinski definition) is 4. The quantitative estimate of drug-likeness (QED) is 0.661. The molecule has 1 aliphatic rings. The molecule has 0 heterocycles. The first-order valence-electron chi connectivity index (χ1n) is 6.85. The molecule has 1 atom stereocenters. The molecule has 19 heavy (non-hydrogen) atoms. The molecule has 0 spiro atoms. The van der Waals surface area contributed by atoms with Gasteiger partial charge in [0.1, 0.15) is 6.10 Å². The monoisotopic (exact) mass is 294 g/mol. The van der Waals surface area contributed by atoms with Crippen LogP contribution in [0.5, 0.6) is 0 Å². The molecular weight excluding hydrogens is 268 g/mol. The van der Waals surface area contributed by atoms with E-state index < -0.39 is 6.10 Å². The zero-order valence-electron chi connectivity index (χ0n) is 11.9. The zero-order valence-corrected chi connectivity index (χ0v) is 12.8. The fourth-order valence-electron chi connectivity index (χ4n) is 2.30. The second-order valence-electron chi connectivity index (χ2n) is 4.89. The lowest BCUT2D eigenvalue weighted by Crippen LogP contribution is -2.54. The minimum atomic E-state index is -0.450. The van der Waals surface area contributed by atoms with Gasteiger partial charge in [0.15, 0.2) is 0 Å². The van der Waals surface area contributed by atoms with Crippen LogP contribution in [0.25, 0.3) is 0 Å². The van der Waals surface area contributed by atoms with Gasteiger partial charge in [-0.2, -0.15) is 0 Å². The molecule has 1 fully saturated rings. The van der Waals surface area contributed by atoms with E-state index >= 15 is 0 Å². The fraction of sp³-hybridized carbons (Fsp3) is 0.923. The molecule has 1 rings (SSSR count). The third kappa shape index (κ3) is 6.08. The molecular formula is C13H27ClN2O3. The van der Waals surface area contributed by atoms with E-state index in [2.05, 4.69) is 5.32 Å². The van der Waals surface area contributed by atoms with Crippen LogP contribution in [-0.2, 0) is 14.3 Å². The van der Waals surface area contributed by atoms with Gasteiger partial charge in [-0.05, 0) is 26.7 Å². The Morgan fingerprint density at radius 2 is 2.00 bits per heavy atom. The van der Waals surface area contributed by atoms with Crippen LogP contribution in [0.15, 0.2) is 0 Å². The fourth-order valence-corrected chi connectivity index (χ4v) is 2.30. The molecule has 0 aromatic rings. The Morgan fingerprint density at radius 3 is 2.53 bits per heavy atom. The lowest BCUT2D eigenvalue weighted by atomic mass is 9.97. The Labute approximate surface area is 122 Å². The van der Waals surface area contributed by atoms with E-state index in [9.17, 15) is 4.79 Å². The predicted molar refractivity (Wildman–Crippen MR) is 77.6 cm³/mol. The maximum absolute atomic E-state index is 12.0. The van der Waals surface area contributed by atoms with E-state index in [0.717, 1.165) is 25.7 Å². The van der Waals surface area contributed by atoms with Crippen LogP contribution in [-0.4, -0.2) is 43.9 Å². The lowest BCUT2D eigenvalue weighted by molar-refractivity contribution is -0.134. The topological polar surface area (TPSA) is 73.6 Å². The summed E-state index contributed by atoms with van der Waals surface area (Å²) in [7, 11) is 0. The van der Waals surface area contributed by atoms with Gasteiger partial charge in [-0.3, -0.25) is 4.79 Å². The highest BCUT2D eigenvalue weighted by molar-refractivity contribution is 5.85. The Balaban J connectivity index is 0.00000324. The highest BCUT2D eigenvalue weighted by Crippen LogP contribution is 2.28. The van der Waals surface area contributed by atoms with Crippen molar-refractivity contribution in [3.63, 3.8) is 0 Å². The second-order valence-corrected chi connectivity index (χ2v) is 4.89. The Morgan fingerprint density at radius 1 is 1.37 bits per heavy atom. The van der Waals surface area contributed by atoms with Crippen LogP contribution in [0, 0.1) is 0 Å². The highest BCUT2D eigenvalue weighted by Gasteiger charge is 2.34. The molecule has 6 heteroatoms. The average Bonchev–Trinajstić information content (AvgIpc) is 2.83. The number of ether oxygens (including phenoxy) is 2. The first kappa shape index (κ1) is 18.6. The van der Waals surface area contributed by atoms with E-state index in [1.807, 2.05) is 6.92 Å². The molecule has 0 aliphatic heterocycles. The van der Waals surface area contributed by atoms with E-state index in [4.69, 9.17) is 15.2 Å². The minimum absolute atomic E-state index is 0. The number of halogens is 1. The van der Waals surface area contributed by atoms with Crippen LogP contribution >= 0.6 is 12.4 Å². The maximum atomic E-state index is 12.0. The molecule has 3 N–H and O–H groups in total. The van der Waals surface area contributed by atoms with Gasteiger partial charge in [0.2, 0.25) is 5.91 Å². The van der Waals surface area contributed by atoms with Gasteiger partial charge in [-0.25, -0.2) is 0 Å². The number of rotatable bonds is 8. The smallest absolute Gasteiger partial charge is 0.249 e.